The van der Waals surface area contributed by atoms with E-state index in [0.717, 1.165) is 42.5 Å². The first-order valence-corrected chi connectivity index (χ1v) is 13.4. The van der Waals surface area contributed by atoms with Crippen molar-refractivity contribution in [2.24, 2.45) is 11.8 Å². The molecule has 1 aliphatic heterocycles. The molecule has 38 heavy (non-hydrogen) atoms. The Kier molecular flexibility index (Phi) is 8.80. The van der Waals surface area contributed by atoms with Crippen LogP contribution in [-0.2, 0) is 17.4 Å². The van der Waals surface area contributed by atoms with Crippen molar-refractivity contribution in [1.29, 1.82) is 0 Å². The van der Waals surface area contributed by atoms with Crippen LogP contribution >= 0.6 is 0 Å². The summed E-state index contributed by atoms with van der Waals surface area (Å²) >= 11 is 0. The van der Waals surface area contributed by atoms with Gasteiger partial charge in [-0.05, 0) is 73.1 Å². The molecule has 0 aliphatic carbocycles. The highest BCUT2D eigenvalue weighted by Crippen LogP contribution is 2.36. The summed E-state index contributed by atoms with van der Waals surface area (Å²) < 4.78 is 45.4. The predicted octanol–water partition coefficient (Wildman–Crippen LogP) is 8.07. The zero-order chi connectivity index (χ0) is 27.3. The molecule has 1 unspecified atom stereocenters. The molecule has 0 N–H and O–H groups in total. The number of piperidine rings is 1. The highest BCUT2D eigenvalue weighted by atomic mass is 19.4. The second-order valence-electron chi connectivity index (χ2n) is 10.7. The van der Waals surface area contributed by atoms with Crippen LogP contribution in [0.15, 0.2) is 78.9 Å². The standard InChI is InChI=1S/C32H36F3NO2/c1-22(2)20-24-11-13-25(14-12-24)23(3)31(37)36-19-7-10-27(21-36)30(26-8-5-4-6-9-26)38-29-17-15-28(16-18-29)32(33,34)35/h4-6,8-9,11-18,22-23,27,30H,7,10,19-21H2,1-3H3/t23-,27?,30-/m0/s1. The highest BCUT2D eigenvalue weighted by molar-refractivity contribution is 5.83. The number of nitrogens with zero attached hydrogens (tertiary/aromatic N) is 1. The SMILES string of the molecule is CC(C)Cc1ccc([C@H](C)C(=O)N2CCCC([C@@H](Oc3ccc(C(F)(F)F)cc3)c3ccccc3)C2)cc1. The lowest BCUT2D eigenvalue weighted by molar-refractivity contribution is -0.137. The van der Waals surface area contributed by atoms with Crippen LogP contribution in [0.25, 0.3) is 0 Å². The van der Waals surface area contributed by atoms with Crippen molar-refractivity contribution in [3.05, 3.63) is 101 Å². The minimum Gasteiger partial charge on any atom is -0.485 e. The fourth-order valence-electron chi connectivity index (χ4n) is 5.24. The van der Waals surface area contributed by atoms with Gasteiger partial charge in [0.15, 0.2) is 0 Å². The maximum Gasteiger partial charge on any atom is 0.416 e. The lowest BCUT2D eigenvalue weighted by Gasteiger charge is -2.38. The van der Waals surface area contributed by atoms with E-state index in [9.17, 15) is 18.0 Å². The van der Waals surface area contributed by atoms with Crippen LogP contribution < -0.4 is 4.74 Å². The van der Waals surface area contributed by atoms with Gasteiger partial charge in [0.05, 0.1) is 11.5 Å². The molecule has 4 rings (SSSR count). The van der Waals surface area contributed by atoms with Gasteiger partial charge in [-0.3, -0.25) is 4.79 Å². The predicted molar refractivity (Wildman–Crippen MR) is 144 cm³/mol. The van der Waals surface area contributed by atoms with Crippen LogP contribution in [-0.4, -0.2) is 23.9 Å². The molecule has 3 aromatic carbocycles. The minimum absolute atomic E-state index is 0.0120. The van der Waals surface area contributed by atoms with Crippen LogP contribution in [0, 0.1) is 11.8 Å². The quantitative estimate of drug-likeness (QED) is 0.299. The molecule has 202 valence electrons. The van der Waals surface area contributed by atoms with Gasteiger partial charge in [0.25, 0.3) is 0 Å². The molecule has 0 bridgehead atoms. The molecule has 0 spiro atoms. The summed E-state index contributed by atoms with van der Waals surface area (Å²) in [5.74, 6) is 0.802. The summed E-state index contributed by atoms with van der Waals surface area (Å²) in [6, 6.07) is 22.9. The molecule has 0 radical (unpaired) electrons. The maximum atomic E-state index is 13.5. The van der Waals surface area contributed by atoms with E-state index in [1.807, 2.05) is 42.2 Å². The average Bonchev–Trinajstić information content (AvgIpc) is 2.91. The van der Waals surface area contributed by atoms with E-state index >= 15 is 0 Å². The Balaban J connectivity index is 1.50. The summed E-state index contributed by atoms with van der Waals surface area (Å²) in [6.07, 6.45) is -2.06. The summed E-state index contributed by atoms with van der Waals surface area (Å²) in [5.41, 5.74) is 2.51. The van der Waals surface area contributed by atoms with Crippen LogP contribution in [0.2, 0.25) is 0 Å². The maximum absolute atomic E-state index is 13.5. The Hall–Kier alpha value is -3.28. The van der Waals surface area contributed by atoms with Crippen molar-refractivity contribution in [3.63, 3.8) is 0 Å². The van der Waals surface area contributed by atoms with E-state index in [0.29, 0.717) is 24.8 Å². The van der Waals surface area contributed by atoms with Gasteiger partial charge in [-0.25, -0.2) is 0 Å². The Labute approximate surface area is 223 Å². The Bertz CT molecular complexity index is 1170. The van der Waals surface area contributed by atoms with Crippen molar-refractivity contribution in [2.45, 2.75) is 58.2 Å². The molecule has 1 fully saturated rings. The number of hydrogen-bond donors (Lipinski definition) is 0. The van der Waals surface area contributed by atoms with E-state index in [1.54, 1.807) is 0 Å². The number of ether oxygens (including phenoxy) is 1. The molecule has 1 aliphatic rings. The van der Waals surface area contributed by atoms with Gasteiger partial charge in [0.2, 0.25) is 5.91 Å². The first kappa shape index (κ1) is 27.7. The molecule has 0 aromatic heterocycles. The molecule has 1 amide bonds. The number of hydrogen-bond acceptors (Lipinski definition) is 2. The molecular weight excluding hydrogens is 487 g/mol. The number of carbonyl (C=O) groups excluding carboxylic acids is 1. The van der Waals surface area contributed by atoms with Gasteiger partial charge in [-0.15, -0.1) is 0 Å². The zero-order valence-corrected chi connectivity index (χ0v) is 22.2. The number of rotatable bonds is 8. The zero-order valence-electron chi connectivity index (χ0n) is 22.2. The largest absolute Gasteiger partial charge is 0.485 e. The monoisotopic (exact) mass is 523 g/mol. The second kappa shape index (κ2) is 12.1. The second-order valence-corrected chi connectivity index (χ2v) is 10.7. The fourth-order valence-corrected chi connectivity index (χ4v) is 5.24. The number of likely N-dealkylation sites (tertiary alicyclic amines) is 1. The van der Waals surface area contributed by atoms with Crippen molar-refractivity contribution in [1.82, 2.24) is 4.90 Å². The number of halogens is 3. The summed E-state index contributed by atoms with van der Waals surface area (Å²) in [7, 11) is 0. The normalized spacial score (nSPS) is 17.8. The summed E-state index contributed by atoms with van der Waals surface area (Å²) in [6.45, 7) is 7.56. The molecule has 1 saturated heterocycles. The lowest BCUT2D eigenvalue weighted by Crippen LogP contribution is -2.44. The van der Waals surface area contributed by atoms with Crippen LogP contribution in [0.5, 0.6) is 5.75 Å². The van der Waals surface area contributed by atoms with Crippen molar-refractivity contribution in [3.8, 4) is 5.75 Å². The van der Waals surface area contributed by atoms with Crippen LogP contribution in [0.4, 0.5) is 13.2 Å². The Morgan fingerprint density at radius 2 is 1.58 bits per heavy atom. The van der Waals surface area contributed by atoms with Gasteiger partial charge in [0, 0.05) is 19.0 Å². The number of alkyl halides is 3. The minimum atomic E-state index is -4.40. The third-order valence-electron chi connectivity index (χ3n) is 7.26. The molecule has 3 aromatic rings. The Morgan fingerprint density at radius 1 is 0.921 bits per heavy atom. The van der Waals surface area contributed by atoms with Gasteiger partial charge in [-0.1, -0.05) is 68.4 Å². The summed E-state index contributed by atoms with van der Waals surface area (Å²) in [4.78, 5) is 15.5. The topological polar surface area (TPSA) is 29.5 Å². The molecule has 3 atom stereocenters. The lowest BCUT2D eigenvalue weighted by atomic mass is 9.87. The molecular formula is C32H36F3NO2. The van der Waals surface area contributed by atoms with Crippen LogP contribution in [0.3, 0.4) is 0 Å². The number of carbonyl (C=O) groups is 1. The van der Waals surface area contributed by atoms with Crippen molar-refractivity contribution >= 4 is 5.91 Å². The van der Waals surface area contributed by atoms with E-state index in [2.05, 4.69) is 38.1 Å². The number of amides is 1. The van der Waals surface area contributed by atoms with Gasteiger partial charge in [0.1, 0.15) is 11.9 Å². The van der Waals surface area contributed by atoms with Gasteiger partial charge in [-0.2, -0.15) is 13.2 Å². The first-order chi connectivity index (χ1) is 18.1. The highest BCUT2D eigenvalue weighted by Gasteiger charge is 2.34. The molecule has 3 nitrogen and oxygen atoms in total. The van der Waals surface area contributed by atoms with E-state index in [4.69, 9.17) is 4.74 Å². The third-order valence-corrected chi connectivity index (χ3v) is 7.26. The Morgan fingerprint density at radius 3 is 2.18 bits per heavy atom. The van der Waals surface area contributed by atoms with E-state index in [-0.39, 0.29) is 23.8 Å². The third kappa shape index (κ3) is 6.97. The molecule has 6 heteroatoms. The average molecular weight is 524 g/mol. The van der Waals surface area contributed by atoms with Crippen LogP contribution in [0.1, 0.15) is 67.9 Å². The smallest absolute Gasteiger partial charge is 0.416 e. The fraction of sp³-hybridized carbons (Fsp3) is 0.406. The van der Waals surface area contributed by atoms with Crippen molar-refractivity contribution < 1.29 is 22.7 Å². The van der Waals surface area contributed by atoms with Gasteiger partial charge < -0.3 is 9.64 Å². The summed E-state index contributed by atoms with van der Waals surface area (Å²) in [5, 5.41) is 0. The molecule has 0 saturated carbocycles. The van der Waals surface area contributed by atoms with E-state index in [1.165, 1.54) is 17.7 Å². The number of benzene rings is 3. The molecule has 1 heterocycles. The first-order valence-electron chi connectivity index (χ1n) is 13.4. The van der Waals surface area contributed by atoms with Crippen molar-refractivity contribution in [2.75, 3.05) is 13.1 Å². The van der Waals surface area contributed by atoms with E-state index < -0.39 is 11.7 Å². The van der Waals surface area contributed by atoms with Gasteiger partial charge >= 0.3 is 6.18 Å².